The van der Waals surface area contributed by atoms with Crippen molar-refractivity contribution < 1.29 is 9.21 Å². The van der Waals surface area contributed by atoms with Crippen molar-refractivity contribution in [3.05, 3.63) is 64.1 Å². The van der Waals surface area contributed by atoms with Crippen molar-refractivity contribution >= 4 is 22.7 Å². The summed E-state index contributed by atoms with van der Waals surface area (Å²) >= 11 is 0. The van der Waals surface area contributed by atoms with Gasteiger partial charge in [-0.3, -0.25) is 14.7 Å². The van der Waals surface area contributed by atoms with Gasteiger partial charge in [-0.2, -0.15) is 0 Å². The number of likely N-dealkylation sites (N-methyl/N-ethyl adjacent to an activating group) is 1. The number of nitrogens with zero attached hydrogens (tertiary/aromatic N) is 2. The Morgan fingerprint density at radius 2 is 1.79 bits per heavy atom. The molecule has 0 aliphatic carbocycles. The molecule has 146 valence electrons. The molecule has 2 N–H and O–H groups in total. The van der Waals surface area contributed by atoms with Crippen molar-refractivity contribution in [2.75, 3.05) is 38.0 Å². The van der Waals surface area contributed by atoms with E-state index in [0.717, 1.165) is 39.3 Å². The third-order valence-corrected chi connectivity index (χ3v) is 5.22. The Morgan fingerprint density at radius 3 is 2.50 bits per heavy atom. The summed E-state index contributed by atoms with van der Waals surface area (Å²) in [6, 6.07) is 12.9. The largest absolute Gasteiger partial charge is 0.417 e. The molecule has 1 saturated heterocycles. The molecule has 1 aromatic heterocycles. The summed E-state index contributed by atoms with van der Waals surface area (Å²) in [5.74, 6) is -0.879. The van der Waals surface area contributed by atoms with Crippen molar-refractivity contribution in [2.45, 2.75) is 13.5 Å². The predicted molar refractivity (Wildman–Crippen MR) is 109 cm³/mol. The third-order valence-electron chi connectivity index (χ3n) is 5.22. The lowest BCUT2D eigenvalue weighted by atomic mass is 10.1. The molecule has 0 saturated carbocycles. The van der Waals surface area contributed by atoms with Crippen LogP contribution in [0.3, 0.4) is 0 Å². The van der Waals surface area contributed by atoms with Crippen LogP contribution in [0.4, 0.5) is 5.69 Å². The predicted octanol–water partition coefficient (Wildman–Crippen LogP) is 2.51. The number of H-pyrrole nitrogens is 1. The Hall–Kier alpha value is -2.90. The summed E-state index contributed by atoms with van der Waals surface area (Å²) in [7, 11) is 0. The van der Waals surface area contributed by atoms with Gasteiger partial charge in [0.25, 0.3) is 5.91 Å². The first-order chi connectivity index (χ1) is 13.6. The molecule has 0 radical (unpaired) electrons. The van der Waals surface area contributed by atoms with E-state index in [4.69, 9.17) is 4.42 Å². The lowest BCUT2D eigenvalue weighted by molar-refractivity contribution is 0.102. The number of fused-ring (bicyclic) bond motifs is 1. The molecule has 0 bridgehead atoms. The summed E-state index contributed by atoms with van der Waals surface area (Å²) in [5, 5.41) is 2.87. The topological polar surface area (TPSA) is 81.6 Å². The SMILES string of the molecule is CCN1CCN(Cc2ccc(NC(=O)c3cccc4[nH]c(=O)oc34)cc2)CC1. The number of aromatic amines is 1. The van der Waals surface area contributed by atoms with Gasteiger partial charge in [-0.15, -0.1) is 0 Å². The standard InChI is InChI=1S/C21H24N4O3/c1-2-24-10-12-25(13-11-24)14-15-6-8-16(9-7-15)22-20(26)17-4-3-5-18-19(17)28-21(27)23-18/h3-9H,2,10-14H2,1H3,(H,22,26)(H,23,27). The summed E-state index contributed by atoms with van der Waals surface area (Å²) in [6.07, 6.45) is 0. The second kappa shape index (κ2) is 8.00. The van der Waals surface area contributed by atoms with E-state index in [1.165, 1.54) is 5.56 Å². The number of nitrogens with one attached hydrogen (secondary N) is 2. The Morgan fingerprint density at radius 1 is 1.07 bits per heavy atom. The smallest absolute Gasteiger partial charge is 0.407 e. The quantitative estimate of drug-likeness (QED) is 0.711. The van der Waals surface area contributed by atoms with Crippen LogP contribution < -0.4 is 11.1 Å². The van der Waals surface area contributed by atoms with Gasteiger partial charge in [0.15, 0.2) is 5.58 Å². The number of rotatable bonds is 5. The molecular weight excluding hydrogens is 356 g/mol. The first-order valence-corrected chi connectivity index (χ1v) is 9.59. The molecule has 3 aromatic rings. The van der Waals surface area contributed by atoms with E-state index in [9.17, 15) is 9.59 Å². The lowest BCUT2D eigenvalue weighted by Gasteiger charge is -2.34. The molecule has 1 fully saturated rings. The lowest BCUT2D eigenvalue weighted by Crippen LogP contribution is -2.45. The van der Waals surface area contributed by atoms with Crippen molar-refractivity contribution in [2.24, 2.45) is 0 Å². The minimum Gasteiger partial charge on any atom is -0.407 e. The number of hydrogen-bond acceptors (Lipinski definition) is 5. The van der Waals surface area contributed by atoms with Crippen molar-refractivity contribution in [1.29, 1.82) is 0 Å². The van der Waals surface area contributed by atoms with Gasteiger partial charge in [0, 0.05) is 38.4 Å². The molecule has 1 amide bonds. The first-order valence-electron chi connectivity index (χ1n) is 9.59. The van der Waals surface area contributed by atoms with Crippen LogP contribution in [-0.4, -0.2) is 53.4 Å². The van der Waals surface area contributed by atoms with Crippen LogP contribution in [-0.2, 0) is 6.54 Å². The highest BCUT2D eigenvalue weighted by molar-refractivity contribution is 6.10. The number of piperazine rings is 1. The van der Waals surface area contributed by atoms with Gasteiger partial charge in [0.1, 0.15) is 0 Å². The van der Waals surface area contributed by atoms with Crippen LogP contribution in [0.2, 0.25) is 0 Å². The molecule has 0 atom stereocenters. The Kier molecular flexibility index (Phi) is 5.27. The molecule has 0 unspecified atom stereocenters. The molecule has 1 aliphatic heterocycles. The maximum atomic E-state index is 12.6. The summed E-state index contributed by atoms with van der Waals surface area (Å²) in [4.78, 5) is 31.5. The van der Waals surface area contributed by atoms with E-state index in [1.807, 2.05) is 24.3 Å². The molecule has 2 aromatic carbocycles. The number of anilines is 1. The summed E-state index contributed by atoms with van der Waals surface area (Å²) < 4.78 is 5.10. The molecule has 1 aliphatic rings. The van der Waals surface area contributed by atoms with Gasteiger partial charge in [-0.25, -0.2) is 4.79 Å². The zero-order valence-corrected chi connectivity index (χ0v) is 15.9. The van der Waals surface area contributed by atoms with Gasteiger partial charge in [0.05, 0.1) is 11.1 Å². The molecule has 2 heterocycles. The van der Waals surface area contributed by atoms with Crippen LogP contribution in [0.25, 0.3) is 11.1 Å². The van der Waals surface area contributed by atoms with Crippen LogP contribution in [0.15, 0.2) is 51.7 Å². The summed E-state index contributed by atoms with van der Waals surface area (Å²) in [5.41, 5.74) is 3.04. The Balaban J connectivity index is 1.40. The highest BCUT2D eigenvalue weighted by Gasteiger charge is 2.16. The molecule has 28 heavy (non-hydrogen) atoms. The number of para-hydroxylation sites is 1. The molecule has 7 nitrogen and oxygen atoms in total. The summed E-state index contributed by atoms with van der Waals surface area (Å²) in [6.45, 7) is 8.63. The number of aromatic nitrogens is 1. The average molecular weight is 380 g/mol. The monoisotopic (exact) mass is 380 g/mol. The fraction of sp³-hybridized carbons (Fsp3) is 0.333. The van der Waals surface area contributed by atoms with Gasteiger partial charge < -0.3 is 14.6 Å². The molecular formula is C21H24N4O3. The molecule has 0 spiro atoms. The third kappa shape index (κ3) is 4.00. The number of oxazole rings is 1. The van der Waals surface area contributed by atoms with Crippen molar-refractivity contribution in [3.8, 4) is 0 Å². The van der Waals surface area contributed by atoms with Crippen molar-refractivity contribution in [1.82, 2.24) is 14.8 Å². The van der Waals surface area contributed by atoms with Gasteiger partial charge in [-0.05, 0) is 36.4 Å². The maximum absolute atomic E-state index is 12.6. The van der Waals surface area contributed by atoms with E-state index in [2.05, 4.69) is 27.0 Å². The highest BCUT2D eigenvalue weighted by Crippen LogP contribution is 2.18. The number of carbonyl (C=O) groups excluding carboxylic acids is 1. The second-order valence-corrected chi connectivity index (χ2v) is 7.06. The first kappa shape index (κ1) is 18.5. The minimum atomic E-state index is -0.570. The van der Waals surface area contributed by atoms with Gasteiger partial charge in [-0.1, -0.05) is 25.1 Å². The number of amides is 1. The Bertz CT molecular complexity index is 1010. The molecule has 7 heteroatoms. The van der Waals surface area contributed by atoms with Gasteiger partial charge >= 0.3 is 5.76 Å². The van der Waals surface area contributed by atoms with E-state index in [-0.39, 0.29) is 11.5 Å². The number of hydrogen-bond donors (Lipinski definition) is 2. The van der Waals surface area contributed by atoms with Crippen LogP contribution >= 0.6 is 0 Å². The average Bonchev–Trinajstić information content (AvgIpc) is 3.10. The maximum Gasteiger partial charge on any atom is 0.417 e. The number of carbonyl (C=O) groups is 1. The fourth-order valence-corrected chi connectivity index (χ4v) is 3.57. The van der Waals surface area contributed by atoms with Crippen LogP contribution in [0.1, 0.15) is 22.8 Å². The number of benzene rings is 2. The second-order valence-electron chi connectivity index (χ2n) is 7.06. The van der Waals surface area contributed by atoms with E-state index in [0.29, 0.717) is 16.8 Å². The zero-order chi connectivity index (χ0) is 19.5. The van der Waals surface area contributed by atoms with Gasteiger partial charge in [0.2, 0.25) is 0 Å². The normalized spacial score (nSPS) is 15.8. The minimum absolute atomic E-state index is 0.271. The van der Waals surface area contributed by atoms with Crippen LogP contribution in [0, 0.1) is 0 Å². The molecule has 4 rings (SSSR count). The van der Waals surface area contributed by atoms with E-state index < -0.39 is 5.76 Å². The Labute approximate surface area is 162 Å². The highest BCUT2D eigenvalue weighted by atomic mass is 16.4. The van der Waals surface area contributed by atoms with E-state index >= 15 is 0 Å². The van der Waals surface area contributed by atoms with Crippen molar-refractivity contribution in [3.63, 3.8) is 0 Å². The zero-order valence-electron chi connectivity index (χ0n) is 15.9. The van der Waals surface area contributed by atoms with Crippen LogP contribution in [0.5, 0.6) is 0 Å². The van der Waals surface area contributed by atoms with E-state index in [1.54, 1.807) is 18.2 Å². The fourth-order valence-electron chi connectivity index (χ4n) is 3.57.